The molecule has 0 amide bonds. The molecule has 0 spiro atoms. The van der Waals surface area contributed by atoms with Crippen molar-refractivity contribution in [3.05, 3.63) is 34.3 Å². The summed E-state index contributed by atoms with van der Waals surface area (Å²) in [5.41, 5.74) is 6.29. The van der Waals surface area contributed by atoms with E-state index in [9.17, 15) is 8.42 Å². The quantitative estimate of drug-likeness (QED) is 0.798. The Balaban J connectivity index is 2.35. The van der Waals surface area contributed by atoms with Crippen molar-refractivity contribution in [2.45, 2.75) is 6.04 Å². The van der Waals surface area contributed by atoms with E-state index in [1.54, 1.807) is 12.1 Å². The third kappa shape index (κ3) is 2.19. The van der Waals surface area contributed by atoms with Crippen LogP contribution in [0.3, 0.4) is 0 Å². The van der Waals surface area contributed by atoms with Crippen molar-refractivity contribution in [1.82, 2.24) is 4.72 Å². The van der Waals surface area contributed by atoms with Gasteiger partial charge in [-0.1, -0.05) is 28.1 Å². The van der Waals surface area contributed by atoms with E-state index < -0.39 is 16.3 Å². The molecule has 0 bridgehead atoms. The molecule has 1 aromatic rings. The van der Waals surface area contributed by atoms with Gasteiger partial charge in [-0.3, -0.25) is 0 Å². The van der Waals surface area contributed by atoms with Gasteiger partial charge in [-0.05, 0) is 17.7 Å². The van der Waals surface area contributed by atoms with Crippen molar-refractivity contribution in [3.8, 4) is 0 Å². The van der Waals surface area contributed by atoms with Crippen molar-refractivity contribution in [2.75, 3.05) is 0 Å². The Hall–Kier alpha value is -0.920. The van der Waals surface area contributed by atoms with Crippen LogP contribution < -0.4 is 10.5 Å². The van der Waals surface area contributed by atoms with Crippen LogP contribution in [0.4, 0.5) is 0 Å². The molecule has 7 heteroatoms. The third-order valence-electron chi connectivity index (χ3n) is 1.99. The molecule has 0 radical (unpaired) electrons. The first-order valence-corrected chi connectivity index (χ1v) is 6.34. The molecule has 2 rings (SSSR count). The minimum atomic E-state index is -3.60. The Morgan fingerprint density at radius 3 is 2.40 bits per heavy atom. The molecule has 1 heterocycles. The summed E-state index contributed by atoms with van der Waals surface area (Å²) in [5.74, 6) is 0.0670. The fourth-order valence-corrected chi connectivity index (χ4v) is 2.58. The fraction of sp³-hybridized carbons (Fsp3) is 0.125. The number of nitrogens with one attached hydrogen (secondary N) is 1. The minimum Gasteiger partial charge on any atom is -0.385 e. The summed E-state index contributed by atoms with van der Waals surface area (Å²) in [6.07, 6.45) is 0. The van der Waals surface area contributed by atoms with Crippen molar-refractivity contribution < 1.29 is 8.42 Å². The summed E-state index contributed by atoms with van der Waals surface area (Å²) in [5, 5.41) is 0. The van der Waals surface area contributed by atoms with Gasteiger partial charge in [0, 0.05) is 4.47 Å². The minimum absolute atomic E-state index is 0.0670. The summed E-state index contributed by atoms with van der Waals surface area (Å²) < 4.78 is 28.8. The largest absolute Gasteiger partial charge is 0.385 e. The maximum Gasteiger partial charge on any atom is 0.322 e. The number of nitrogens with zero attached hydrogens (tertiary/aromatic N) is 1. The first kappa shape index (κ1) is 10.6. The van der Waals surface area contributed by atoms with Crippen molar-refractivity contribution in [3.63, 3.8) is 0 Å². The molecule has 1 atom stereocenters. The van der Waals surface area contributed by atoms with E-state index in [4.69, 9.17) is 5.73 Å². The van der Waals surface area contributed by atoms with Gasteiger partial charge in [-0.15, -0.1) is 4.40 Å². The molecule has 1 aromatic carbocycles. The highest BCUT2D eigenvalue weighted by Gasteiger charge is 2.29. The highest BCUT2D eigenvalue weighted by Crippen LogP contribution is 2.21. The zero-order valence-electron chi connectivity index (χ0n) is 7.51. The van der Waals surface area contributed by atoms with E-state index in [2.05, 4.69) is 25.0 Å². The molecule has 0 unspecified atom stereocenters. The van der Waals surface area contributed by atoms with Gasteiger partial charge in [0.1, 0.15) is 11.9 Å². The number of hydrogen-bond donors (Lipinski definition) is 2. The standard InChI is InChI=1S/C8H8BrN3O2S/c9-6-3-1-5(2-4-6)7-8(10)12-15(13,14)11-7/h1-4,7,11H,(H2,10,12)/t7-/m0/s1. The first-order chi connectivity index (χ1) is 6.98. The van der Waals surface area contributed by atoms with E-state index in [1.807, 2.05) is 12.1 Å². The van der Waals surface area contributed by atoms with E-state index >= 15 is 0 Å². The molecule has 0 fully saturated rings. The molecular weight excluding hydrogens is 282 g/mol. The Bertz CT molecular complexity index is 509. The number of benzene rings is 1. The molecule has 1 aliphatic heterocycles. The Labute approximate surface area is 95.7 Å². The molecular formula is C8H8BrN3O2S. The maximum atomic E-state index is 11.1. The maximum absolute atomic E-state index is 11.1. The lowest BCUT2D eigenvalue weighted by atomic mass is 10.1. The second-order valence-electron chi connectivity index (χ2n) is 3.09. The van der Waals surface area contributed by atoms with Gasteiger partial charge in [-0.25, -0.2) is 0 Å². The number of halogens is 1. The van der Waals surface area contributed by atoms with Crippen LogP contribution in [0.1, 0.15) is 11.6 Å². The predicted octanol–water partition coefficient (Wildman–Crippen LogP) is 0.695. The SMILES string of the molecule is NC1=NS(=O)(=O)N[C@H]1c1ccc(Br)cc1. The van der Waals surface area contributed by atoms with E-state index in [1.165, 1.54) is 0 Å². The Kier molecular flexibility index (Phi) is 2.53. The molecule has 5 nitrogen and oxygen atoms in total. The molecule has 0 aromatic heterocycles. The number of nitrogens with two attached hydrogens (primary N) is 1. The van der Waals surface area contributed by atoms with Crippen LogP contribution in [0.5, 0.6) is 0 Å². The molecule has 3 N–H and O–H groups in total. The van der Waals surface area contributed by atoms with Gasteiger partial charge in [0.2, 0.25) is 0 Å². The number of amidine groups is 1. The van der Waals surface area contributed by atoms with Gasteiger partial charge in [0.25, 0.3) is 0 Å². The molecule has 0 saturated heterocycles. The van der Waals surface area contributed by atoms with Crippen LogP contribution >= 0.6 is 15.9 Å². The normalized spacial score (nSPS) is 23.8. The molecule has 0 saturated carbocycles. The average Bonchev–Trinajstić information content (AvgIpc) is 2.41. The predicted molar refractivity (Wildman–Crippen MR) is 60.6 cm³/mol. The van der Waals surface area contributed by atoms with Crippen LogP contribution in [0.2, 0.25) is 0 Å². The Morgan fingerprint density at radius 1 is 1.33 bits per heavy atom. The molecule has 1 aliphatic rings. The van der Waals surface area contributed by atoms with E-state index in [-0.39, 0.29) is 5.84 Å². The molecule has 15 heavy (non-hydrogen) atoms. The Morgan fingerprint density at radius 2 is 1.93 bits per heavy atom. The second kappa shape index (κ2) is 3.58. The lowest BCUT2D eigenvalue weighted by Crippen LogP contribution is -2.28. The molecule has 80 valence electrons. The van der Waals surface area contributed by atoms with Crippen LogP contribution in [0.15, 0.2) is 33.1 Å². The summed E-state index contributed by atoms with van der Waals surface area (Å²) in [4.78, 5) is 0. The smallest absolute Gasteiger partial charge is 0.322 e. The van der Waals surface area contributed by atoms with Crippen molar-refractivity contribution >= 4 is 32.0 Å². The van der Waals surface area contributed by atoms with Gasteiger partial charge in [0.15, 0.2) is 0 Å². The summed E-state index contributed by atoms with van der Waals surface area (Å²) in [6, 6.07) is 6.64. The number of hydrogen-bond acceptors (Lipinski definition) is 3. The average molecular weight is 290 g/mol. The van der Waals surface area contributed by atoms with E-state index in [0.29, 0.717) is 0 Å². The van der Waals surface area contributed by atoms with Gasteiger partial charge < -0.3 is 5.73 Å². The summed E-state index contributed by atoms with van der Waals surface area (Å²) in [6.45, 7) is 0. The van der Waals surface area contributed by atoms with Crippen molar-refractivity contribution in [1.29, 1.82) is 0 Å². The third-order valence-corrected chi connectivity index (χ3v) is 3.50. The van der Waals surface area contributed by atoms with E-state index in [0.717, 1.165) is 10.0 Å². The summed E-state index contributed by atoms with van der Waals surface area (Å²) >= 11 is 3.29. The monoisotopic (exact) mass is 289 g/mol. The zero-order chi connectivity index (χ0) is 11.1. The van der Waals surface area contributed by atoms with Crippen molar-refractivity contribution in [2.24, 2.45) is 10.1 Å². The fourth-order valence-electron chi connectivity index (χ4n) is 1.32. The van der Waals surface area contributed by atoms with Crippen LogP contribution in [0.25, 0.3) is 0 Å². The van der Waals surface area contributed by atoms with Gasteiger partial charge in [0.05, 0.1) is 0 Å². The lowest BCUT2D eigenvalue weighted by molar-refractivity contribution is 0.585. The second-order valence-corrected chi connectivity index (χ2v) is 5.38. The zero-order valence-corrected chi connectivity index (χ0v) is 9.92. The van der Waals surface area contributed by atoms with Crippen LogP contribution in [-0.4, -0.2) is 14.3 Å². The van der Waals surface area contributed by atoms with Crippen LogP contribution in [0, 0.1) is 0 Å². The van der Waals surface area contributed by atoms with Gasteiger partial charge >= 0.3 is 10.2 Å². The first-order valence-electron chi connectivity index (χ1n) is 4.11. The number of rotatable bonds is 1. The highest BCUT2D eigenvalue weighted by atomic mass is 79.9. The summed E-state index contributed by atoms with van der Waals surface area (Å²) in [7, 11) is -3.60. The topological polar surface area (TPSA) is 84.5 Å². The van der Waals surface area contributed by atoms with Crippen LogP contribution in [-0.2, 0) is 10.2 Å². The lowest BCUT2D eigenvalue weighted by Gasteiger charge is -2.09. The molecule has 0 aliphatic carbocycles. The van der Waals surface area contributed by atoms with Gasteiger partial charge in [-0.2, -0.15) is 13.1 Å². The highest BCUT2D eigenvalue weighted by molar-refractivity contribution is 9.10.